The predicted octanol–water partition coefficient (Wildman–Crippen LogP) is 2.29. The summed E-state index contributed by atoms with van der Waals surface area (Å²) in [6.45, 7) is 1.80. The normalized spacial score (nSPS) is 13.0. The molecule has 0 bridgehead atoms. The van der Waals surface area contributed by atoms with Crippen LogP contribution in [0.4, 0.5) is 0 Å². The van der Waals surface area contributed by atoms with Gasteiger partial charge in [-0.25, -0.2) is 8.42 Å². The van der Waals surface area contributed by atoms with E-state index in [0.29, 0.717) is 6.42 Å². The summed E-state index contributed by atoms with van der Waals surface area (Å²) in [7, 11) is -3.21. The number of rotatable bonds is 5. The van der Waals surface area contributed by atoms with Crippen molar-refractivity contribution in [3.63, 3.8) is 0 Å². The second-order valence-corrected chi connectivity index (χ2v) is 5.97. The minimum atomic E-state index is -3.21. The Morgan fingerprint density at radius 1 is 1.31 bits per heavy atom. The molecule has 0 N–H and O–H groups in total. The highest BCUT2D eigenvalue weighted by Gasteiger charge is 2.23. The Morgan fingerprint density at radius 2 is 1.94 bits per heavy atom. The number of nitriles is 1. The van der Waals surface area contributed by atoms with Crippen LogP contribution in [0.1, 0.15) is 25.3 Å². The quantitative estimate of drug-likeness (QED) is 0.789. The Kier molecular flexibility index (Phi) is 4.51. The molecule has 1 unspecified atom stereocenters. The first-order chi connectivity index (χ1) is 7.60. The molecular weight excluding hydrogens is 222 g/mol. The van der Waals surface area contributed by atoms with Crippen molar-refractivity contribution in [2.75, 3.05) is 0 Å². The maximum atomic E-state index is 12.0. The van der Waals surface area contributed by atoms with E-state index in [1.165, 1.54) is 0 Å². The van der Waals surface area contributed by atoms with Crippen molar-refractivity contribution in [2.45, 2.75) is 30.8 Å². The number of nitrogens with zero attached hydrogens (tertiary/aromatic N) is 1. The molecular formula is C12H15NO2S. The maximum Gasteiger partial charge on any atom is 0.158 e. The lowest BCUT2D eigenvalue weighted by molar-refractivity contribution is 0.575. The molecule has 1 rings (SSSR count). The first-order valence-electron chi connectivity index (χ1n) is 5.22. The van der Waals surface area contributed by atoms with E-state index in [0.717, 1.165) is 5.56 Å². The summed E-state index contributed by atoms with van der Waals surface area (Å²) >= 11 is 0. The predicted molar refractivity (Wildman–Crippen MR) is 63.4 cm³/mol. The second-order valence-electron chi connectivity index (χ2n) is 3.69. The van der Waals surface area contributed by atoms with E-state index >= 15 is 0 Å². The summed E-state index contributed by atoms with van der Waals surface area (Å²) in [4.78, 5) is 0. The highest BCUT2D eigenvalue weighted by atomic mass is 32.2. The smallest absolute Gasteiger partial charge is 0.158 e. The van der Waals surface area contributed by atoms with Crippen molar-refractivity contribution in [1.29, 1.82) is 5.26 Å². The van der Waals surface area contributed by atoms with Crippen LogP contribution in [-0.4, -0.2) is 13.7 Å². The van der Waals surface area contributed by atoms with E-state index in [-0.39, 0.29) is 12.2 Å². The maximum absolute atomic E-state index is 12.0. The lowest BCUT2D eigenvalue weighted by Crippen LogP contribution is -2.21. The molecule has 0 saturated carbocycles. The van der Waals surface area contributed by atoms with E-state index in [1.807, 2.05) is 24.3 Å². The third kappa shape index (κ3) is 3.35. The third-order valence-electron chi connectivity index (χ3n) is 2.49. The van der Waals surface area contributed by atoms with Gasteiger partial charge in [0.15, 0.2) is 9.84 Å². The molecule has 0 aromatic heterocycles. The van der Waals surface area contributed by atoms with E-state index < -0.39 is 15.1 Å². The van der Waals surface area contributed by atoms with Gasteiger partial charge in [-0.1, -0.05) is 37.3 Å². The van der Waals surface area contributed by atoms with Crippen molar-refractivity contribution < 1.29 is 8.42 Å². The summed E-state index contributed by atoms with van der Waals surface area (Å²) < 4.78 is 23.9. The lowest BCUT2D eigenvalue weighted by Gasteiger charge is -2.12. The molecule has 0 amide bonds. The molecule has 16 heavy (non-hydrogen) atoms. The molecule has 3 nitrogen and oxygen atoms in total. The van der Waals surface area contributed by atoms with Crippen LogP contribution in [0.25, 0.3) is 0 Å². The van der Waals surface area contributed by atoms with E-state index in [2.05, 4.69) is 0 Å². The van der Waals surface area contributed by atoms with Gasteiger partial charge in [0.25, 0.3) is 0 Å². The van der Waals surface area contributed by atoms with Crippen LogP contribution in [0.5, 0.6) is 0 Å². The van der Waals surface area contributed by atoms with Gasteiger partial charge in [-0.15, -0.1) is 0 Å². The Balaban J connectivity index is 2.83. The average Bonchev–Trinajstić information content (AvgIpc) is 2.26. The highest BCUT2D eigenvalue weighted by Crippen LogP contribution is 2.16. The highest BCUT2D eigenvalue weighted by molar-refractivity contribution is 7.91. The lowest BCUT2D eigenvalue weighted by atomic mass is 10.2. The first-order valence-corrected chi connectivity index (χ1v) is 6.94. The second kappa shape index (κ2) is 5.66. The summed E-state index contributed by atoms with van der Waals surface area (Å²) in [6, 6.07) is 11.0. The fourth-order valence-electron chi connectivity index (χ4n) is 1.55. The summed E-state index contributed by atoms with van der Waals surface area (Å²) in [5, 5.41) is 8.04. The zero-order valence-electron chi connectivity index (χ0n) is 9.26. The molecule has 1 aromatic carbocycles. The van der Waals surface area contributed by atoms with Crippen molar-refractivity contribution >= 4 is 9.84 Å². The molecule has 0 saturated heterocycles. The molecule has 86 valence electrons. The average molecular weight is 237 g/mol. The van der Waals surface area contributed by atoms with Crippen LogP contribution in [0.3, 0.4) is 0 Å². The van der Waals surface area contributed by atoms with Gasteiger partial charge in [0.2, 0.25) is 0 Å². The zero-order chi connectivity index (χ0) is 12.0. The van der Waals surface area contributed by atoms with Gasteiger partial charge in [-0.3, -0.25) is 0 Å². The van der Waals surface area contributed by atoms with Gasteiger partial charge in [0, 0.05) is 0 Å². The Hall–Kier alpha value is -1.34. The van der Waals surface area contributed by atoms with Gasteiger partial charge in [-0.2, -0.15) is 5.26 Å². The van der Waals surface area contributed by atoms with Gasteiger partial charge in [-0.05, 0) is 12.0 Å². The SMILES string of the molecule is CCC(CC#N)S(=O)(=O)Cc1ccccc1. The monoisotopic (exact) mass is 237 g/mol. The molecule has 0 aliphatic rings. The summed E-state index contributed by atoms with van der Waals surface area (Å²) in [6.07, 6.45) is 0.564. The fraction of sp³-hybridized carbons (Fsp3) is 0.417. The van der Waals surface area contributed by atoms with E-state index in [1.54, 1.807) is 19.1 Å². The standard InChI is InChI=1S/C12H15NO2S/c1-2-12(8-9-13)16(14,15)10-11-6-4-3-5-7-11/h3-7,12H,2,8,10H2,1H3. The molecule has 0 fully saturated rings. The number of sulfone groups is 1. The van der Waals surface area contributed by atoms with Crippen molar-refractivity contribution in [1.82, 2.24) is 0 Å². The third-order valence-corrected chi connectivity index (χ3v) is 4.74. The van der Waals surface area contributed by atoms with E-state index in [4.69, 9.17) is 5.26 Å². The van der Waals surface area contributed by atoms with Crippen LogP contribution in [0.2, 0.25) is 0 Å². The van der Waals surface area contributed by atoms with Crippen molar-refractivity contribution in [3.05, 3.63) is 35.9 Å². The minimum Gasteiger partial charge on any atom is -0.228 e. The molecule has 0 aliphatic heterocycles. The topological polar surface area (TPSA) is 57.9 Å². The van der Waals surface area contributed by atoms with E-state index in [9.17, 15) is 8.42 Å². The number of hydrogen-bond donors (Lipinski definition) is 0. The van der Waals surface area contributed by atoms with Crippen LogP contribution >= 0.6 is 0 Å². The first kappa shape index (κ1) is 12.7. The number of benzene rings is 1. The minimum absolute atomic E-state index is 0.0219. The molecule has 0 radical (unpaired) electrons. The largest absolute Gasteiger partial charge is 0.228 e. The Labute approximate surface area is 96.6 Å². The molecule has 4 heteroatoms. The van der Waals surface area contributed by atoms with Crippen molar-refractivity contribution in [2.24, 2.45) is 0 Å². The van der Waals surface area contributed by atoms with Crippen molar-refractivity contribution in [3.8, 4) is 6.07 Å². The fourth-order valence-corrected chi connectivity index (χ4v) is 3.28. The van der Waals surface area contributed by atoms with Crippen LogP contribution in [-0.2, 0) is 15.6 Å². The summed E-state index contributed by atoms with van der Waals surface area (Å²) in [5.74, 6) is 0.0219. The van der Waals surface area contributed by atoms with Crippen LogP contribution in [0.15, 0.2) is 30.3 Å². The van der Waals surface area contributed by atoms with Gasteiger partial charge >= 0.3 is 0 Å². The molecule has 0 spiro atoms. The van der Waals surface area contributed by atoms with Gasteiger partial charge in [0.1, 0.15) is 0 Å². The van der Waals surface area contributed by atoms with Gasteiger partial charge in [0.05, 0.1) is 23.5 Å². The van der Waals surface area contributed by atoms with Gasteiger partial charge < -0.3 is 0 Å². The zero-order valence-corrected chi connectivity index (χ0v) is 10.1. The Bertz CT molecular complexity index is 460. The summed E-state index contributed by atoms with van der Waals surface area (Å²) in [5.41, 5.74) is 0.777. The Morgan fingerprint density at radius 3 is 2.44 bits per heavy atom. The number of hydrogen-bond acceptors (Lipinski definition) is 3. The molecule has 1 atom stereocenters. The molecule has 1 aromatic rings. The van der Waals surface area contributed by atoms with Crippen LogP contribution < -0.4 is 0 Å². The molecule has 0 aliphatic carbocycles. The molecule has 0 heterocycles. The van der Waals surface area contributed by atoms with Crippen LogP contribution in [0, 0.1) is 11.3 Å².